The average Bonchev–Trinajstić information content (AvgIpc) is 3.45. The first kappa shape index (κ1) is 19.1. The smallest absolute Gasteiger partial charge is 0.497 e. The Bertz CT molecular complexity index is 769. The zero-order valence-electron chi connectivity index (χ0n) is 14.8. The molecule has 1 aliphatic rings. The minimum atomic E-state index is -4.73. The quantitative estimate of drug-likeness (QED) is 0.776. The summed E-state index contributed by atoms with van der Waals surface area (Å²) in [5.41, 5.74) is 1.63. The van der Waals surface area contributed by atoms with E-state index in [-0.39, 0.29) is 24.1 Å². The number of carbonyl (C=O) groups is 1. The number of methoxy groups -OCH3 is 1. The van der Waals surface area contributed by atoms with Crippen LogP contribution in [0, 0.1) is 5.92 Å². The molecular formula is C20H20F3NO3. The molecule has 2 aromatic carbocycles. The molecule has 2 aromatic rings. The number of halogens is 3. The first-order valence-corrected chi connectivity index (χ1v) is 8.62. The lowest BCUT2D eigenvalue weighted by atomic mass is 10.0. The molecule has 144 valence electrons. The van der Waals surface area contributed by atoms with Crippen LogP contribution in [0.25, 0.3) is 0 Å². The maximum atomic E-state index is 12.4. The van der Waals surface area contributed by atoms with E-state index in [0.717, 1.165) is 24.2 Å². The van der Waals surface area contributed by atoms with Crippen molar-refractivity contribution in [3.8, 4) is 11.5 Å². The van der Waals surface area contributed by atoms with Crippen LogP contribution in [0.3, 0.4) is 0 Å². The Morgan fingerprint density at radius 3 is 2.19 bits per heavy atom. The molecule has 0 bridgehead atoms. The molecule has 4 nitrogen and oxygen atoms in total. The summed E-state index contributed by atoms with van der Waals surface area (Å²) < 4.78 is 45.6. The molecule has 7 heteroatoms. The second-order valence-corrected chi connectivity index (χ2v) is 6.52. The van der Waals surface area contributed by atoms with Gasteiger partial charge >= 0.3 is 6.36 Å². The van der Waals surface area contributed by atoms with Crippen LogP contribution in [-0.2, 0) is 11.2 Å². The predicted molar refractivity (Wildman–Crippen MR) is 93.4 cm³/mol. The van der Waals surface area contributed by atoms with Gasteiger partial charge in [0.1, 0.15) is 11.5 Å². The van der Waals surface area contributed by atoms with Gasteiger partial charge in [-0.2, -0.15) is 0 Å². The Morgan fingerprint density at radius 1 is 1.07 bits per heavy atom. The van der Waals surface area contributed by atoms with Gasteiger partial charge in [0.25, 0.3) is 0 Å². The lowest BCUT2D eigenvalue weighted by molar-refractivity contribution is -0.274. The number of alkyl halides is 3. The average molecular weight is 379 g/mol. The third-order valence-electron chi connectivity index (χ3n) is 4.41. The third-order valence-corrected chi connectivity index (χ3v) is 4.41. The largest absolute Gasteiger partial charge is 0.573 e. The van der Waals surface area contributed by atoms with Crippen LogP contribution >= 0.6 is 0 Å². The number of rotatable bonds is 7. The number of nitrogens with one attached hydrogen (secondary N) is 1. The number of ether oxygens (including phenoxy) is 2. The van der Waals surface area contributed by atoms with Crippen LogP contribution in [0.2, 0.25) is 0 Å². The summed E-state index contributed by atoms with van der Waals surface area (Å²) in [6, 6.07) is 12.8. The van der Waals surface area contributed by atoms with Crippen LogP contribution in [0.5, 0.6) is 11.5 Å². The Kier molecular flexibility index (Phi) is 5.58. The van der Waals surface area contributed by atoms with Gasteiger partial charge in [-0.05, 0) is 54.2 Å². The van der Waals surface area contributed by atoms with Crippen molar-refractivity contribution in [1.29, 1.82) is 0 Å². The highest BCUT2D eigenvalue weighted by molar-refractivity contribution is 5.79. The van der Waals surface area contributed by atoms with E-state index in [1.807, 2.05) is 24.3 Å². The summed E-state index contributed by atoms with van der Waals surface area (Å²) in [5.74, 6) is 0.679. The maximum absolute atomic E-state index is 12.4. The van der Waals surface area contributed by atoms with Gasteiger partial charge in [0.05, 0.1) is 19.6 Å². The third kappa shape index (κ3) is 5.64. The minimum absolute atomic E-state index is 0.0729. The predicted octanol–water partition coefficient (Wildman–Crippen LogP) is 4.40. The van der Waals surface area contributed by atoms with E-state index < -0.39 is 6.36 Å². The molecule has 1 N–H and O–H groups in total. The number of hydrogen-bond acceptors (Lipinski definition) is 3. The van der Waals surface area contributed by atoms with Crippen molar-refractivity contribution in [1.82, 2.24) is 5.32 Å². The van der Waals surface area contributed by atoms with Gasteiger partial charge in [-0.15, -0.1) is 13.2 Å². The van der Waals surface area contributed by atoms with Gasteiger partial charge < -0.3 is 14.8 Å². The summed E-state index contributed by atoms with van der Waals surface area (Å²) >= 11 is 0. The number of amides is 1. The molecule has 3 rings (SSSR count). The van der Waals surface area contributed by atoms with Gasteiger partial charge in [0.2, 0.25) is 5.91 Å². The van der Waals surface area contributed by atoms with Gasteiger partial charge in [0, 0.05) is 0 Å². The fourth-order valence-corrected chi connectivity index (χ4v) is 2.93. The van der Waals surface area contributed by atoms with Gasteiger partial charge in [-0.25, -0.2) is 0 Å². The first-order chi connectivity index (χ1) is 12.8. The SMILES string of the molecule is COc1ccc([C@@H](NC(=O)Cc2ccc(OC(F)(F)F)cc2)C2CC2)cc1. The fourth-order valence-electron chi connectivity index (χ4n) is 2.93. The molecule has 1 amide bonds. The molecule has 0 unspecified atom stereocenters. The Morgan fingerprint density at radius 2 is 1.67 bits per heavy atom. The van der Waals surface area contributed by atoms with E-state index in [1.165, 1.54) is 24.3 Å². The van der Waals surface area contributed by atoms with Crippen LogP contribution in [0.15, 0.2) is 48.5 Å². The van der Waals surface area contributed by atoms with E-state index >= 15 is 0 Å². The molecule has 0 aromatic heterocycles. The van der Waals surface area contributed by atoms with Crippen LogP contribution in [-0.4, -0.2) is 19.4 Å². The highest BCUT2D eigenvalue weighted by Gasteiger charge is 2.33. The summed E-state index contributed by atoms with van der Waals surface area (Å²) in [4.78, 5) is 12.4. The zero-order chi connectivity index (χ0) is 19.4. The molecule has 1 atom stereocenters. The van der Waals surface area contributed by atoms with Crippen molar-refractivity contribution >= 4 is 5.91 Å². The lowest BCUT2D eigenvalue weighted by Gasteiger charge is -2.19. The van der Waals surface area contributed by atoms with Crippen LogP contribution in [0.1, 0.15) is 30.0 Å². The Hall–Kier alpha value is -2.70. The molecule has 0 saturated heterocycles. The second kappa shape index (κ2) is 7.90. The van der Waals surface area contributed by atoms with Crippen molar-refractivity contribution in [2.45, 2.75) is 31.7 Å². The molecule has 0 spiro atoms. The second-order valence-electron chi connectivity index (χ2n) is 6.52. The molecule has 1 saturated carbocycles. The number of benzene rings is 2. The van der Waals surface area contributed by atoms with E-state index in [9.17, 15) is 18.0 Å². The van der Waals surface area contributed by atoms with Crippen molar-refractivity contribution in [2.75, 3.05) is 7.11 Å². The number of carbonyl (C=O) groups excluding carboxylic acids is 1. The summed E-state index contributed by atoms with van der Waals surface area (Å²) in [5, 5.41) is 3.04. The highest BCUT2D eigenvalue weighted by atomic mass is 19.4. The van der Waals surface area contributed by atoms with E-state index in [1.54, 1.807) is 7.11 Å². The topological polar surface area (TPSA) is 47.6 Å². The number of hydrogen-bond donors (Lipinski definition) is 1. The van der Waals surface area contributed by atoms with Gasteiger partial charge in [0.15, 0.2) is 0 Å². The normalized spacial score (nSPS) is 15.1. The molecular weight excluding hydrogens is 359 g/mol. The van der Waals surface area contributed by atoms with Crippen LogP contribution in [0.4, 0.5) is 13.2 Å². The van der Waals surface area contributed by atoms with Crippen LogP contribution < -0.4 is 14.8 Å². The van der Waals surface area contributed by atoms with E-state index in [4.69, 9.17) is 4.74 Å². The van der Waals surface area contributed by atoms with E-state index in [2.05, 4.69) is 10.1 Å². The Balaban J connectivity index is 1.61. The van der Waals surface area contributed by atoms with Gasteiger partial charge in [-0.1, -0.05) is 24.3 Å². The molecule has 1 aliphatic carbocycles. The fraction of sp³-hybridized carbons (Fsp3) is 0.350. The standard InChI is InChI=1S/C20H20F3NO3/c1-26-16-10-6-15(7-11-16)19(14-4-5-14)24-18(25)12-13-2-8-17(9-3-13)27-20(21,22)23/h2-3,6-11,14,19H,4-5,12H2,1H3,(H,24,25)/t19-/m0/s1. The monoisotopic (exact) mass is 379 g/mol. The molecule has 0 radical (unpaired) electrons. The van der Waals surface area contributed by atoms with Crippen molar-refractivity contribution in [3.05, 3.63) is 59.7 Å². The molecule has 1 fully saturated rings. The summed E-state index contributed by atoms with van der Waals surface area (Å²) in [7, 11) is 1.60. The molecule has 27 heavy (non-hydrogen) atoms. The minimum Gasteiger partial charge on any atom is -0.497 e. The van der Waals surface area contributed by atoms with Crippen molar-refractivity contribution < 1.29 is 27.4 Å². The Labute approximate surface area is 155 Å². The lowest BCUT2D eigenvalue weighted by Crippen LogP contribution is -2.31. The summed E-state index contributed by atoms with van der Waals surface area (Å²) in [6.07, 6.45) is -2.53. The maximum Gasteiger partial charge on any atom is 0.573 e. The molecule has 0 heterocycles. The highest BCUT2D eigenvalue weighted by Crippen LogP contribution is 2.41. The van der Waals surface area contributed by atoms with Gasteiger partial charge in [-0.3, -0.25) is 4.79 Å². The van der Waals surface area contributed by atoms with Crippen molar-refractivity contribution in [3.63, 3.8) is 0 Å². The summed E-state index contributed by atoms with van der Waals surface area (Å²) in [6.45, 7) is 0. The van der Waals surface area contributed by atoms with Crippen molar-refractivity contribution in [2.24, 2.45) is 5.92 Å². The van der Waals surface area contributed by atoms with E-state index in [0.29, 0.717) is 11.5 Å². The first-order valence-electron chi connectivity index (χ1n) is 8.62. The molecule has 0 aliphatic heterocycles. The zero-order valence-corrected chi connectivity index (χ0v) is 14.8.